The fraction of sp³-hybridized carbons (Fsp3) is 0.300. The molecule has 2 N–H and O–H groups in total. The van der Waals surface area contributed by atoms with Crippen LogP contribution in [0.2, 0.25) is 0 Å². The number of anilines is 1. The summed E-state index contributed by atoms with van der Waals surface area (Å²) in [5.74, 6) is 0.0678. The van der Waals surface area contributed by atoms with Crippen LogP contribution in [0.5, 0.6) is 0 Å². The van der Waals surface area contributed by atoms with E-state index < -0.39 is 0 Å². The molecule has 3 nitrogen and oxygen atoms in total. The molecule has 1 atom stereocenters. The van der Waals surface area contributed by atoms with Crippen LogP contribution in [-0.4, -0.2) is 18.5 Å². The largest absolute Gasteiger partial charge is 0.325 e. The van der Waals surface area contributed by atoms with Gasteiger partial charge in [0.2, 0.25) is 5.91 Å². The first-order valence-corrected chi connectivity index (χ1v) is 5.63. The van der Waals surface area contributed by atoms with Gasteiger partial charge in [-0.25, -0.2) is 0 Å². The summed E-state index contributed by atoms with van der Waals surface area (Å²) in [6, 6.07) is 7.80. The second kappa shape index (κ2) is 4.27. The Kier molecular flexibility index (Phi) is 3.02. The highest BCUT2D eigenvalue weighted by Gasteiger charge is 2.24. The van der Waals surface area contributed by atoms with Crippen LogP contribution in [0.3, 0.4) is 0 Å². The van der Waals surface area contributed by atoms with Gasteiger partial charge >= 0.3 is 0 Å². The number of hydrogen-bond acceptors (Lipinski definition) is 2. The molecule has 0 aliphatic carbocycles. The van der Waals surface area contributed by atoms with Gasteiger partial charge < -0.3 is 10.6 Å². The van der Waals surface area contributed by atoms with E-state index in [0.29, 0.717) is 0 Å². The Labute approximate surface area is 96.4 Å². The van der Waals surface area contributed by atoms with Crippen LogP contribution >= 0.6 is 22.6 Å². The zero-order valence-corrected chi connectivity index (χ0v) is 9.74. The monoisotopic (exact) mass is 302 g/mol. The average molecular weight is 302 g/mol. The molecule has 0 bridgehead atoms. The second-order valence-corrected chi connectivity index (χ2v) is 4.54. The average Bonchev–Trinajstić information content (AvgIpc) is 1.99. The van der Waals surface area contributed by atoms with Crippen LogP contribution in [0.15, 0.2) is 24.3 Å². The minimum absolute atomic E-state index is 0.00728. The standard InChI is InChI=1S/C10H11IN2O/c11-7-2-1-3-8(6-7)13-10(14)9-4-5-12-9/h1-3,6,9,12H,4-5H2,(H,13,14)/t9-/m1/s1. The maximum Gasteiger partial charge on any atom is 0.241 e. The SMILES string of the molecule is O=C(Nc1cccc(I)c1)[C@H]1CCN1. The minimum Gasteiger partial charge on any atom is -0.325 e. The van der Waals surface area contributed by atoms with Crippen LogP contribution in [0.25, 0.3) is 0 Å². The first kappa shape index (κ1) is 9.92. The van der Waals surface area contributed by atoms with E-state index in [1.54, 1.807) is 0 Å². The number of amides is 1. The summed E-state index contributed by atoms with van der Waals surface area (Å²) in [5.41, 5.74) is 0.871. The molecule has 1 amide bonds. The molecule has 2 rings (SSSR count). The van der Waals surface area contributed by atoms with Gasteiger partial charge in [0, 0.05) is 9.26 Å². The summed E-state index contributed by atoms with van der Waals surface area (Å²) < 4.78 is 1.13. The fourth-order valence-corrected chi connectivity index (χ4v) is 1.85. The zero-order valence-electron chi connectivity index (χ0n) is 7.59. The number of nitrogens with one attached hydrogen (secondary N) is 2. The van der Waals surface area contributed by atoms with E-state index in [1.807, 2.05) is 24.3 Å². The van der Waals surface area contributed by atoms with Crippen LogP contribution in [-0.2, 0) is 4.79 Å². The van der Waals surface area contributed by atoms with Gasteiger partial charge in [-0.3, -0.25) is 4.79 Å². The molecule has 74 valence electrons. The van der Waals surface area contributed by atoms with Gasteiger partial charge in [0.15, 0.2) is 0 Å². The minimum atomic E-state index is 0.00728. The molecular formula is C10H11IN2O. The lowest BCUT2D eigenvalue weighted by Crippen LogP contribution is -2.50. The summed E-state index contributed by atoms with van der Waals surface area (Å²) in [4.78, 5) is 11.5. The Bertz CT molecular complexity index is 350. The van der Waals surface area contributed by atoms with Crippen molar-refractivity contribution < 1.29 is 4.79 Å². The van der Waals surface area contributed by atoms with Crippen LogP contribution in [0, 0.1) is 3.57 Å². The Morgan fingerprint density at radius 1 is 1.57 bits per heavy atom. The first-order chi connectivity index (χ1) is 6.75. The zero-order chi connectivity index (χ0) is 9.97. The molecule has 1 saturated heterocycles. The van der Waals surface area contributed by atoms with Gasteiger partial charge in [0.1, 0.15) is 0 Å². The van der Waals surface area contributed by atoms with Crippen molar-refractivity contribution in [3.05, 3.63) is 27.8 Å². The van der Waals surface area contributed by atoms with Gasteiger partial charge in [-0.1, -0.05) is 6.07 Å². The summed E-state index contributed by atoms with van der Waals surface area (Å²) in [6.07, 6.45) is 0.940. The van der Waals surface area contributed by atoms with Crippen molar-refractivity contribution in [3.8, 4) is 0 Å². The molecule has 1 fully saturated rings. The van der Waals surface area contributed by atoms with E-state index in [4.69, 9.17) is 0 Å². The maximum atomic E-state index is 11.5. The molecule has 0 saturated carbocycles. The highest BCUT2D eigenvalue weighted by molar-refractivity contribution is 14.1. The fourth-order valence-electron chi connectivity index (χ4n) is 1.31. The molecule has 14 heavy (non-hydrogen) atoms. The van der Waals surface area contributed by atoms with E-state index >= 15 is 0 Å². The number of halogens is 1. The molecule has 0 aromatic heterocycles. The summed E-state index contributed by atoms with van der Waals surface area (Å²) >= 11 is 2.23. The Morgan fingerprint density at radius 3 is 2.93 bits per heavy atom. The topological polar surface area (TPSA) is 41.1 Å². The molecular weight excluding hydrogens is 291 g/mol. The van der Waals surface area contributed by atoms with Gasteiger partial charge in [0.25, 0.3) is 0 Å². The molecule has 4 heteroatoms. The van der Waals surface area contributed by atoms with Crippen molar-refractivity contribution in [3.63, 3.8) is 0 Å². The molecule has 1 aliphatic rings. The van der Waals surface area contributed by atoms with Gasteiger partial charge in [-0.2, -0.15) is 0 Å². The van der Waals surface area contributed by atoms with Crippen molar-refractivity contribution in [2.75, 3.05) is 11.9 Å². The predicted molar refractivity (Wildman–Crippen MR) is 64.2 cm³/mol. The highest BCUT2D eigenvalue weighted by atomic mass is 127. The van der Waals surface area contributed by atoms with E-state index in [2.05, 4.69) is 33.2 Å². The maximum absolute atomic E-state index is 11.5. The van der Waals surface area contributed by atoms with Crippen molar-refractivity contribution in [2.24, 2.45) is 0 Å². The molecule has 1 aromatic carbocycles. The van der Waals surface area contributed by atoms with Crippen molar-refractivity contribution in [1.82, 2.24) is 5.32 Å². The summed E-state index contributed by atoms with van der Waals surface area (Å²) in [6.45, 7) is 0.949. The van der Waals surface area contributed by atoms with Gasteiger partial charge in [0.05, 0.1) is 6.04 Å². The molecule has 1 heterocycles. The van der Waals surface area contributed by atoms with Crippen LogP contribution in [0.4, 0.5) is 5.69 Å². The third kappa shape index (κ3) is 2.24. The van der Waals surface area contributed by atoms with Crippen LogP contribution < -0.4 is 10.6 Å². The molecule has 1 aliphatic heterocycles. The van der Waals surface area contributed by atoms with E-state index in [0.717, 1.165) is 22.2 Å². The lowest BCUT2D eigenvalue weighted by molar-refractivity contribution is -0.119. The number of carbonyl (C=O) groups excluding carboxylic acids is 1. The third-order valence-electron chi connectivity index (χ3n) is 2.23. The number of carbonyl (C=O) groups is 1. The normalized spacial score (nSPS) is 19.9. The Balaban J connectivity index is 1.99. The summed E-state index contributed by atoms with van der Waals surface area (Å²) in [5, 5.41) is 5.94. The van der Waals surface area contributed by atoms with Gasteiger partial charge in [-0.05, 0) is 53.8 Å². The van der Waals surface area contributed by atoms with E-state index in [-0.39, 0.29) is 11.9 Å². The predicted octanol–water partition coefficient (Wildman–Crippen LogP) is 1.59. The van der Waals surface area contributed by atoms with Crippen LogP contribution in [0.1, 0.15) is 6.42 Å². The third-order valence-corrected chi connectivity index (χ3v) is 2.90. The number of rotatable bonds is 2. The summed E-state index contributed by atoms with van der Waals surface area (Å²) in [7, 11) is 0. The Morgan fingerprint density at radius 2 is 2.36 bits per heavy atom. The first-order valence-electron chi connectivity index (χ1n) is 4.55. The smallest absolute Gasteiger partial charge is 0.241 e. The number of benzene rings is 1. The molecule has 1 aromatic rings. The van der Waals surface area contributed by atoms with E-state index in [1.165, 1.54) is 0 Å². The quantitative estimate of drug-likeness (QED) is 0.815. The number of hydrogen-bond donors (Lipinski definition) is 2. The van der Waals surface area contributed by atoms with Crippen molar-refractivity contribution in [1.29, 1.82) is 0 Å². The van der Waals surface area contributed by atoms with Gasteiger partial charge in [-0.15, -0.1) is 0 Å². The molecule has 0 radical (unpaired) electrons. The van der Waals surface area contributed by atoms with Crippen molar-refractivity contribution in [2.45, 2.75) is 12.5 Å². The van der Waals surface area contributed by atoms with Crippen molar-refractivity contribution >= 4 is 34.2 Å². The molecule has 0 unspecified atom stereocenters. The lowest BCUT2D eigenvalue weighted by atomic mass is 10.1. The second-order valence-electron chi connectivity index (χ2n) is 3.29. The van der Waals surface area contributed by atoms with E-state index in [9.17, 15) is 4.79 Å². The lowest BCUT2D eigenvalue weighted by Gasteiger charge is -2.26. The highest BCUT2D eigenvalue weighted by Crippen LogP contribution is 2.13. The molecule has 0 spiro atoms. The Hall–Kier alpha value is -0.620.